The molecule has 0 saturated heterocycles. The lowest BCUT2D eigenvalue weighted by atomic mass is 10.1. The van der Waals surface area contributed by atoms with Crippen LogP contribution in [-0.2, 0) is 11.2 Å². The molecule has 0 unspecified atom stereocenters. The molecule has 1 aromatic heterocycles. The number of alkyl halides is 3. The third-order valence-corrected chi connectivity index (χ3v) is 2.31. The predicted molar refractivity (Wildman–Crippen MR) is 61.6 cm³/mol. The predicted octanol–water partition coefficient (Wildman–Crippen LogP) is 2.12. The lowest BCUT2D eigenvalue weighted by Gasteiger charge is -2.12. The summed E-state index contributed by atoms with van der Waals surface area (Å²) in [6.07, 6.45) is -6.10. The average Bonchev–Trinajstić information content (AvgIpc) is 2.18. The molecule has 1 heterocycles. The van der Waals surface area contributed by atoms with E-state index in [1.54, 1.807) is 0 Å². The highest BCUT2D eigenvalue weighted by atomic mass is 127. The molecule has 19 heavy (non-hydrogen) atoms. The normalized spacial score (nSPS) is 11.2. The highest BCUT2D eigenvalue weighted by molar-refractivity contribution is 14.1. The van der Waals surface area contributed by atoms with Gasteiger partial charge in [-0.3, -0.25) is 4.79 Å². The van der Waals surface area contributed by atoms with E-state index in [0.717, 1.165) is 6.07 Å². The Balaban J connectivity index is 3.41. The third-order valence-electron chi connectivity index (χ3n) is 1.76. The number of carboxylic acids is 1. The maximum Gasteiger partial charge on any atom is 0.573 e. The number of hydrogen-bond donors (Lipinski definition) is 1. The van der Waals surface area contributed by atoms with E-state index < -0.39 is 40.8 Å². The molecule has 0 fully saturated rings. The number of aromatic nitrogens is 1. The van der Waals surface area contributed by atoms with Crippen molar-refractivity contribution in [3.05, 3.63) is 25.4 Å². The van der Waals surface area contributed by atoms with E-state index in [4.69, 9.17) is 5.11 Å². The Hall–Kier alpha value is -1.66. The van der Waals surface area contributed by atoms with E-state index in [2.05, 4.69) is 9.72 Å². The Labute approximate surface area is 116 Å². The SMILES string of the molecule is O=C(O)Cc1c(OC(F)(F)F)cc(I)nc1[N+](=O)[O-]. The minimum atomic E-state index is -5.09. The number of nitro groups is 1. The Morgan fingerprint density at radius 2 is 2.16 bits per heavy atom. The fourth-order valence-electron chi connectivity index (χ4n) is 1.19. The zero-order valence-electron chi connectivity index (χ0n) is 8.77. The van der Waals surface area contributed by atoms with Gasteiger partial charge in [-0.05, 0) is 9.91 Å². The summed E-state index contributed by atoms with van der Waals surface area (Å²) >= 11 is 1.46. The van der Waals surface area contributed by atoms with Gasteiger partial charge in [0.1, 0.15) is 11.3 Å². The van der Waals surface area contributed by atoms with Crippen LogP contribution in [0.1, 0.15) is 5.56 Å². The van der Waals surface area contributed by atoms with Crippen LogP contribution in [0.3, 0.4) is 0 Å². The van der Waals surface area contributed by atoms with Crippen LogP contribution in [0.15, 0.2) is 6.07 Å². The second kappa shape index (κ2) is 5.54. The van der Waals surface area contributed by atoms with Crippen molar-refractivity contribution in [2.75, 3.05) is 0 Å². The molecule has 0 atom stereocenters. The number of halogens is 4. The number of aliphatic carboxylic acids is 1. The topological polar surface area (TPSA) is 103 Å². The summed E-state index contributed by atoms with van der Waals surface area (Å²) in [5.74, 6) is -3.47. The molecule has 0 aliphatic rings. The van der Waals surface area contributed by atoms with Gasteiger partial charge < -0.3 is 20.0 Å². The summed E-state index contributed by atoms with van der Waals surface area (Å²) in [5, 5.41) is 19.3. The molecular formula is C8H4F3IN2O5. The molecule has 1 N–H and O–H groups in total. The molecule has 1 aromatic rings. The monoisotopic (exact) mass is 392 g/mol. The van der Waals surface area contributed by atoms with Crippen LogP contribution in [0.2, 0.25) is 0 Å². The number of hydrogen-bond acceptors (Lipinski definition) is 5. The molecule has 104 valence electrons. The number of pyridine rings is 1. The van der Waals surface area contributed by atoms with Gasteiger partial charge in [0.15, 0.2) is 0 Å². The van der Waals surface area contributed by atoms with Gasteiger partial charge in [-0.15, -0.1) is 13.2 Å². The Kier molecular flexibility index (Phi) is 4.49. The summed E-state index contributed by atoms with van der Waals surface area (Å²) in [6, 6.07) is 0.777. The van der Waals surface area contributed by atoms with Crippen LogP contribution in [0.25, 0.3) is 0 Å². The van der Waals surface area contributed by atoms with Gasteiger partial charge in [0.2, 0.25) is 3.70 Å². The fraction of sp³-hybridized carbons (Fsp3) is 0.250. The smallest absolute Gasteiger partial charge is 0.481 e. The maximum atomic E-state index is 12.2. The van der Waals surface area contributed by atoms with E-state index in [1.807, 2.05) is 0 Å². The third kappa shape index (κ3) is 4.50. The highest BCUT2D eigenvalue weighted by Crippen LogP contribution is 2.33. The Morgan fingerprint density at radius 3 is 2.58 bits per heavy atom. The largest absolute Gasteiger partial charge is 0.573 e. The van der Waals surface area contributed by atoms with Crippen molar-refractivity contribution < 1.29 is 32.7 Å². The van der Waals surface area contributed by atoms with Crippen molar-refractivity contribution in [1.82, 2.24) is 4.98 Å². The summed E-state index contributed by atoms with van der Waals surface area (Å²) in [4.78, 5) is 23.6. The van der Waals surface area contributed by atoms with Crippen molar-refractivity contribution in [3.8, 4) is 5.75 Å². The van der Waals surface area contributed by atoms with Crippen LogP contribution in [0.5, 0.6) is 5.75 Å². The molecule has 0 aliphatic heterocycles. The molecule has 0 radical (unpaired) electrons. The fourth-order valence-corrected chi connectivity index (χ4v) is 1.70. The number of carbonyl (C=O) groups is 1. The molecule has 1 rings (SSSR count). The Morgan fingerprint density at radius 1 is 1.58 bits per heavy atom. The van der Waals surface area contributed by atoms with Crippen molar-refractivity contribution in [2.24, 2.45) is 0 Å². The summed E-state index contributed by atoms with van der Waals surface area (Å²) < 4.78 is 39.9. The standard InChI is InChI=1S/C8H4F3IN2O5/c9-8(10,11)19-4-2-5(12)13-7(14(17)18)3(4)1-6(15)16/h2H,1H2,(H,15,16). The van der Waals surface area contributed by atoms with Crippen molar-refractivity contribution in [1.29, 1.82) is 0 Å². The number of carboxylic acid groups (broad SMARTS) is 1. The van der Waals surface area contributed by atoms with Gasteiger partial charge >= 0.3 is 18.1 Å². The first-order valence-corrected chi connectivity index (χ1v) is 5.49. The molecule has 0 spiro atoms. The first kappa shape index (κ1) is 15.4. The van der Waals surface area contributed by atoms with Crippen LogP contribution >= 0.6 is 22.6 Å². The number of ether oxygens (including phenoxy) is 1. The lowest BCUT2D eigenvalue weighted by Crippen LogP contribution is -2.20. The average molecular weight is 392 g/mol. The van der Waals surface area contributed by atoms with Crippen LogP contribution in [0, 0.1) is 13.8 Å². The van der Waals surface area contributed by atoms with E-state index in [0.29, 0.717) is 0 Å². The second-order valence-corrected chi connectivity index (χ2v) is 4.23. The minimum absolute atomic E-state index is 0.127. The molecule has 0 saturated carbocycles. The van der Waals surface area contributed by atoms with Crippen molar-refractivity contribution >= 4 is 34.4 Å². The van der Waals surface area contributed by atoms with Crippen molar-refractivity contribution in [3.63, 3.8) is 0 Å². The molecule has 11 heteroatoms. The molecule has 0 aliphatic carbocycles. The van der Waals surface area contributed by atoms with E-state index in [-0.39, 0.29) is 3.70 Å². The van der Waals surface area contributed by atoms with Gasteiger partial charge in [-0.2, -0.15) is 0 Å². The zero-order valence-corrected chi connectivity index (χ0v) is 10.9. The molecule has 7 nitrogen and oxygen atoms in total. The van der Waals surface area contributed by atoms with Crippen molar-refractivity contribution in [2.45, 2.75) is 12.8 Å². The maximum absolute atomic E-state index is 12.2. The van der Waals surface area contributed by atoms with Gasteiger partial charge in [0.05, 0.1) is 6.42 Å². The van der Waals surface area contributed by atoms with Gasteiger partial charge in [-0.25, -0.2) is 0 Å². The van der Waals surface area contributed by atoms with E-state index >= 15 is 0 Å². The van der Waals surface area contributed by atoms with E-state index in [1.165, 1.54) is 22.6 Å². The van der Waals surface area contributed by atoms with Crippen LogP contribution in [-0.4, -0.2) is 27.3 Å². The molecular weight excluding hydrogens is 388 g/mol. The molecule has 0 amide bonds. The zero-order chi connectivity index (χ0) is 14.8. The summed E-state index contributed by atoms with van der Waals surface area (Å²) in [5.41, 5.74) is -0.741. The quantitative estimate of drug-likeness (QED) is 0.365. The van der Waals surface area contributed by atoms with Crippen LogP contribution < -0.4 is 4.74 Å². The van der Waals surface area contributed by atoms with E-state index in [9.17, 15) is 28.1 Å². The minimum Gasteiger partial charge on any atom is -0.481 e. The first-order chi connectivity index (χ1) is 8.60. The highest BCUT2D eigenvalue weighted by Gasteiger charge is 2.35. The number of rotatable bonds is 4. The summed E-state index contributed by atoms with van der Waals surface area (Å²) in [7, 11) is 0. The Bertz CT molecular complexity index is 534. The summed E-state index contributed by atoms with van der Waals surface area (Å²) in [6.45, 7) is 0. The number of nitrogens with zero attached hydrogens (tertiary/aromatic N) is 2. The van der Waals surface area contributed by atoms with Gasteiger partial charge in [-0.1, -0.05) is 0 Å². The van der Waals surface area contributed by atoms with Crippen LogP contribution in [0.4, 0.5) is 19.0 Å². The first-order valence-electron chi connectivity index (χ1n) is 4.41. The van der Waals surface area contributed by atoms with Gasteiger partial charge in [0.25, 0.3) is 0 Å². The molecule has 0 bridgehead atoms. The lowest BCUT2D eigenvalue weighted by molar-refractivity contribution is -0.390. The molecule has 0 aromatic carbocycles. The van der Waals surface area contributed by atoms with Gasteiger partial charge in [0, 0.05) is 28.7 Å². The second-order valence-electron chi connectivity index (χ2n) is 3.12.